The molecule has 1 saturated heterocycles. The van der Waals surface area contributed by atoms with E-state index in [0.717, 1.165) is 5.69 Å². The Bertz CT molecular complexity index is 833. The molecule has 0 spiro atoms. The average Bonchev–Trinajstić information content (AvgIpc) is 2.67. The second kappa shape index (κ2) is 8.77. The third-order valence-corrected chi connectivity index (χ3v) is 4.46. The lowest BCUT2D eigenvalue weighted by atomic mass is 10.1. The first-order chi connectivity index (χ1) is 13.0. The van der Waals surface area contributed by atoms with Crippen molar-refractivity contribution < 1.29 is 18.3 Å². The molecule has 6 heteroatoms. The van der Waals surface area contributed by atoms with Crippen LogP contribution < -0.4 is 10.2 Å². The van der Waals surface area contributed by atoms with E-state index in [0.29, 0.717) is 37.4 Å². The predicted octanol–water partition coefficient (Wildman–Crippen LogP) is 3.69. The van der Waals surface area contributed by atoms with Gasteiger partial charge in [-0.15, -0.1) is 0 Å². The van der Waals surface area contributed by atoms with E-state index >= 15 is 0 Å². The fourth-order valence-corrected chi connectivity index (χ4v) is 2.97. The number of nitrogens with zero attached hydrogens (tertiary/aromatic N) is 1. The quantitative estimate of drug-likeness (QED) is 0.814. The van der Waals surface area contributed by atoms with E-state index in [1.165, 1.54) is 30.4 Å². The van der Waals surface area contributed by atoms with Gasteiger partial charge < -0.3 is 15.0 Å². The van der Waals surface area contributed by atoms with Crippen molar-refractivity contribution in [3.63, 3.8) is 0 Å². The molecule has 0 aliphatic carbocycles. The first-order valence-electron chi connectivity index (χ1n) is 8.89. The summed E-state index contributed by atoms with van der Waals surface area (Å²) in [5, 5.41) is 2.79. The Balaban J connectivity index is 1.68. The topological polar surface area (TPSA) is 41.6 Å². The summed E-state index contributed by atoms with van der Waals surface area (Å²) in [7, 11) is 0. The van der Waals surface area contributed by atoms with Crippen LogP contribution in [0.5, 0.6) is 0 Å². The van der Waals surface area contributed by atoms with Crippen molar-refractivity contribution in [3.05, 3.63) is 71.3 Å². The van der Waals surface area contributed by atoms with Gasteiger partial charge in [-0.1, -0.05) is 18.2 Å². The van der Waals surface area contributed by atoms with Crippen LogP contribution in [0, 0.1) is 11.6 Å². The number of carbonyl (C=O) groups is 1. The molecular formula is C21H22F2N2O2. The Morgan fingerprint density at radius 1 is 1.19 bits per heavy atom. The lowest BCUT2D eigenvalue weighted by molar-refractivity contribution is -0.117. The highest BCUT2D eigenvalue weighted by atomic mass is 19.1. The molecule has 2 aromatic carbocycles. The number of hydrogen-bond acceptors (Lipinski definition) is 3. The van der Waals surface area contributed by atoms with E-state index in [-0.39, 0.29) is 11.7 Å². The molecule has 1 aliphatic rings. The Hall–Kier alpha value is -2.73. The second-order valence-electron chi connectivity index (χ2n) is 6.43. The Labute approximate surface area is 157 Å². The SMILES string of the molecule is CC(NC(=O)C=Cc1ccccc1F)c1cc(F)cc(N2CCOCC2)c1. The van der Waals surface area contributed by atoms with Crippen LogP contribution in [0.2, 0.25) is 0 Å². The highest BCUT2D eigenvalue weighted by molar-refractivity contribution is 5.92. The molecule has 3 rings (SSSR count). The van der Waals surface area contributed by atoms with Gasteiger partial charge in [-0.25, -0.2) is 8.78 Å². The molecule has 142 valence electrons. The maximum atomic E-state index is 14.1. The Morgan fingerprint density at radius 2 is 1.93 bits per heavy atom. The van der Waals surface area contributed by atoms with E-state index in [1.807, 2.05) is 6.07 Å². The minimum absolute atomic E-state index is 0.334. The van der Waals surface area contributed by atoms with Gasteiger partial charge in [0.15, 0.2) is 0 Å². The van der Waals surface area contributed by atoms with E-state index in [4.69, 9.17) is 4.74 Å². The highest BCUT2D eigenvalue weighted by Gasteiger charge is 2.15. The van der Waals surface area contributed by atoms with Crippen LogP contribution in [0.1, 0.15) is 24.1 Å². The van der Waals surface area contributed by atoms with Gasteiger partial charge in [-0.05, 0) is 42.8 Å². The number of amides is 1. The number of ether oxygens (including phenoxy) is 1. The van der Waals surface area contributed by atoms with Gasteiger partial charge in [-0.3, -0.25) is 4.79 Å². The molecule has 1 fully saturated rings. The molecule has 4 nitrogen and oxygen atoms in total. The van der Waals surface area contributed by atoms with Crippen LogP contribution in [0.3, 0.4) is 0 Å². The summed E-state index contributed by atoms with van der Waals surface area (Å²) in [5.74, 6) is -1.12. The molecule has 1 unspecified atom stereocenters. The largest absolute Gasteiger partial charge is 0.378 e. The van der Waals surface area contributed by atoms with Crippen LogP contribution in [-0.2, 0) is 9.53 Å². The molecule has 1 amide bonds. The third-order valence-electron chi connectivity index (χ3n) is 4.46. The Kier molecular flexibility index (Phi) is 6.19. The molecule has 0 saturated carbocycles. The first-order valence-corrected chi connectivity index (χ1v) is 8.89. The minimum Gasteiger partial charge on any atom is -0.378 e. The lowest BCUT2D eigenvalue weighted by Crippen LogP contribution is -2.36. The summed E-state index contributed by atoms with van der Waals surface area (Å²) in [6.07, 6.45) is 2.69. The van der Waals surface area contributed by atoms with Crippen LogP contribution >= 0.6 is 0 Å². The second-order valence-corrected chi connectivity index (χ2v) is 6.43. The molecule has 1 N–H and O–H groups in total. The zero-order valence-electron chi connectivity index (χ0n) is 15.1. The van der Waals surface area contributed by atoms with E-state index in [2.05, 4.69) is 10.2 Å². The number of anilines is 1. The van der Waals surface area contributed by atoms with E-state index < -0.39 is 11.9 Å². The van der Waals surface area contributed by atoms with E-state index in [1.54, 1.807) is 25.1 Å². The minimum atomic E-state index is -0.394. The highest BCUT2D eigenvalue weighted by Crippen LogP contribution is 2.23. The number of carbonyl (C=O) groups excluding carboxylic acids is 1. The van der Waals surface area contributed by atoms with Gasteiger partial charge in [0.1, 0.15) is 11.6 Å². The predicted molar refractivity (Wildman–Crippen MR) is 101 cm³/mol. The smallest absolute Gasteiger partial charge is 0.244 e. The number of morpholine rings is 1. The zero-order valence-corrected chi connectivity index (χ0v) is 15.1. The van der Waals surface area contributed by atoms with Gasteiger partial charge in [0, 0.05) is 30.4 Å². The molecule has 0 radical (unpaired) electrons. The van der Waals surface area contributed by atoms with Crippen molar-refractivity contribution in [1.29, 1.82) is 0 Å². The summed E-state index contributed by atoms with van der Waals surface area (Å²) >= 11 is 0. The van der Waals surface area contributed by atoms with Crippen LogP contribution in [0.15, 0.2) is 48.5 Å². The summed E-state index contributed by atoms with van der Waals surface area (Å²) in [6.45, 7) is 4.41. The molecule has 0 bridgehead atoms. The average molecular weight is 372 g/mol. The monoisotopic (exact) mass is 372 g/mol. The fraction of sp³-hybridized carbons (Fsp3) is 0.286. The van der Waals surface area contributed by atoms with Gasteiger partial charge in [0.2, 0.25) is 5.91 Å². The lowest BCUT2D eigenvalue weighted by Gasteiger charge is -2.29. The molecule has 27 heavy (non-hydrogen) atoms. The van der Waals surface area contributed by atoms with E-state index in [9.17, 15) is 13.6 Å². The first kappa shape index (κ1) is 19.0. The molecule has 2 aromatic rings. The standard InChI is InChI=1S/C21H22F2N2O2/c1-15(24-21(26)7-6-16-4-2-3-5-20(16)23)17-12-18(22)14-19(13-17)25-8-10-27-11-9-25/h2-7,12-15H,8-11H2,1H3,(H,24,26). The Morgan fingerprint density at radius 3 is 2.67 bits per heavy atom. The summed E-state index contributed by atoms with van der Waals surface area (Å²) in [6, 6.07) is 10.6. The van der Waals surface area contributed by atoms with Gasteiger partial charge in [-0.2, -0.15) is 0 Å². The summed E-state index contributed by atoms with van der Waals surface area (Å²) in [5.41, 5.74) is 1.78. The molecular weight excluding hydrogens is 350 g/mol. The number of halogens is 2. The number of hydrogen-bond donors (Lipinski definition) is 1. The third kappa shape index (κ3) is 5.14. The maximum absolute atomic E-state index is 14.1. The van der Waals surface area contributed by atoms with Crippen molar-refractivity contribution in [2.75, 3.05) is 31.2 Å². The molecule has 1 heterocycles. The van der Waals surface area contributed by atoms with Crippen LogP contribution in [-0.4, -0.2) is 32.2 Å². The molecule has 0 aromatic heterocycles. The van der Waals surface area contributed by atoms with Crippen molar-refractivity contribution in [2.45, 2.75) is 13.0 Å². The van der Waals surface area contributed by atoms with Crippen LogP contribution in [0.4, 0.5) is 14.5 Å². The number of rotatable bonds is 5. The number of benzene rings is 2. The van der Waals surface area contributed by atoms with Crippen LogP contribution in [0.25, 0.3) is 6.08 Å². The molecule has 1 aliphatic heterocycles. The van der Waals surface area contributed by atoms with Crippen molar-refractivity contribution in [1.82, 2.24) is 5.32 Å². The van der Waals surface area contributed by atoms with Gasteiger partial charge in [0.05, 0.1) is 19.3 Å². The summed E-state index contributed by atoms with van der Waals surface area (Å²) < 4.78 is 33.0. The zero-order chi connectivity index (χ0) is 19.2. The normalized spacial score (nSPS) is 15.7. The summed E-state index contributed by atoms with van der Waals surface area (Å²) in [4.78, 5) is 14.2. The van der Waals surface area contributed by atoms with Gasteiger partial charge in [0.25, 0.3) is 0 Å². The van der Waals surface area contributed by atoms with Crippen molar-refractivity contribution >= 4 is 17.7 Å². The number of nitrogens with one attached hydrogen (secondary N) is 1. The van der Waals surface area contributed by atoms with Crippen molar-refractivity contribution in [3.8, 4) is 0 Å². The van der Waals surface area contributed by atoms with Gasteiger partial charge >= 0.3 is 0 Å². The molecule has 1 atom stereocenters. The fourth-order valence-electron chi connectivity index (χ4n) is 2.97. The maximum Gasteiger partial charge on any atom is 0.244 e. The van der Waals surface area contributed by atoms with Crippen molar-refractivity contribution in [2.24, 2.45) is 0 Å².